The van der Waals surface area contributed by atoms with Gasteiger partial charge in [0.25, 0.3) is 0 Å². The van der Waals surface area contributed by atoms with Crippen molar-refractivity contribution in [3.05, 3.63) is 216 Å². The molecular weight excluding hydrogens is 777 g/mol. The van der Waals surface area contributed by atoms with Crippen molar-refractivity contribution < 1.29 is 19.1 Å². The highest BCUT2D eigenvalue weighted by Gasteiger charge is 2.56. The Bertz CT molecular complexity index is 3260. The molecule has 2 unspecified atom stereocenters. The van der Waals surface area contributed by atoms with Crippen LogP contribution in [0.4, 0.5) is 0 Å². The van der Waals surface area contributed by atoms with E-state index in [1.165, 1.54) is 0 Å². The van der Waals surface area contributed by atoms with Crippen molar-refractivity contribution in [3.63, 3.8) is 0 Å². The number of esters is 2. The minimum atomic E-state index is -1.07. The molecule has 8 aromatic carbocycles. The Morgan fingerprint density at radius 3 is 1.22 bits per heavy atom. The molecule has 6 nitrogen and oxygen atoms in total. The van der Waals surface area contributed by atoms with Gasteiger partial charge in [-0.3, -0.25) is 9.59 Å². The highest BCUT2D eigenvalue weighted by Crippen LogP contribution is 2.63. The Morgan fingerprint density at radius 1 is 0.397 bits per heavy atom. The fourth-order valence-corrected chi connectivity index (χ4v) is 10.7. The number of rotatable bonds is 8. The molecule has 0 saturated heterocycles. The molecule has 63 heavy (non-hydrogen) atoms. The quantitative estimate of drug-likeness (QED) is 0.112. The molecule has 2 aliphatic rings. The fraction of sp³-hybridized carbons (Fsp3) is 0.0877. The fourth-order valence-electron chi connectivity index (χ4n) is 10.7. The lowest BCUT2D eigenvalue weighted by Gasteiger charge is -2.41. The molecule has 10 aromatic rings. The van der Waals surface area contributed by atoms with Gasteiger partial charge in [-0.25, -0.2) is 9.97 Å². The molecule has 0 fully saturated rings. The summed E-state index contributed by atoms with van der Waals surface area (Å²) in [6, 6.07) is 64.5. The van der Waals surface area contributed by atoms with Crippen molar-refractivity contribution in [2.75, 3.05) is 0 Å². The zero-order valence-electron chi connectivity index (χ0n) is 34.1. The number of hydrogen-bond acceptors (Lipinski definition) is 6. The SMILES string of the molecule is O=C(CC1(CC2(CC(=O)Oc3ccccc3)c3cc4ccccc4nc3-c3c2ccc2ccccc32)c2cc3ccccc3nc2-c2c1ccc1ccccc21)Oc1ccccc1. The average Bonchev–Trinajstić information content (AvgIpc) is 3.72. The van der Waals surface area contributed by atoms with E-state index in [-0.39, 0.29) is 12.8 Å². The summed E-state index contributed by atoms with van der Waals surface area (Å²) in [6.45, 7) is 0. The van der Waals surface area contributed by atoms with E-state index in [1.54, 1.807) is 24.3 Å². The molecule has 0 N–H and O–H groups in total. The Hall–Kier alpha value is -7.96. The van der Waals surface area contributed by atoms with Gasteiger partial charge in [0.05, 0.1) is 35.3 Å². The van der Waals surface area contributed by atoms with Gasteiger partial charge >= 0.3 is 11.9 Å². The first kappa shape index (κ1) is 36.9. The van der Waals surface area contributed by atoms with Crippen molar-refractivity contribution in [1.29, 1.82) is 0 Å². The van der Waals surface area contributed by atoms with Crippen molar-refractivity contribution in [3.8, 4) is 34.0 Å². The number of nitrogens with zero attached hydrogens (tertiary/aromatic N) is 2. The van der Waals surface area contributed by atoms with Crippen LogP contribution in [0.5, 0.6) is 11.5 Å². The molecule has 0 saturated carbocycles. The molecule has 0 spiro atoms. The molecule has 0 radical (unpaired) electrons. The van der Waals surface area contributed by atoms with Gasteiger partial charge in [0, 0.05) is 32.7 Å². The van der Waals surface area contributed by atoms with E-state index in [1.807, 2.05) is 84.9 Å². The number of pyridine rings is 2. The van der Waals surface area contributed by atoms with E-state index in [2.05, 4.69) is 84.9 Å². The zero-order valence-corrected chi connectivity index (χ0v) is 34.1. The van der Waals surface area contributed by atoms with E-state index in [9.17, 15) is 9.59 Å². The molecule has 0 bridgehead atoms. The molecule has 2 atom stereocenters. The number of para-hydroxylation sites is 4. The Morgan fingerprint density at radius 2 is 0.778 bits per heavy atom. The van der Waals surface area contributed by atoms with Crippen LogP contribution < -0.4 is 9.47 Å². The molecule has 2 heterocycles. The van der Waals surface area contributed by atoms with E-state index in [0.717, 1.165) is 88.1 Å². The maximum absolute atomic E-state index is 15.0. The van der Waals surface area contributed by atoms with E-state index >= 15 is 0 Å². The lowest BCUT2D eigenvalue weighted by Crippen LogP contribution is -2.41. The van der Waals surface area contributed by atoms with Crippen LogP contribution >= 0.6 is 0 Å². The number of aromatic nitrogens is 2. The summed E-state index contributed by atoms with van der Waals surface area (Å²) in [6.07, 6.45) is 0.231. The van der Waals surface area contributed by atoms with E-state index in [0.29, 0.717) is 17.9 Å². The number of fused-ring (bicyclic) bond motifs is 12. The summed E-state index contributed by atoms with van der Waals surface area (Å²) in [5.41, 5.74) is 6.95. The Balaban J connectivity index is 1.18. The van der Waals surface area contributed by atoms with Crippen LogP contribution in [0.3, 0.4) is 0 Å². The van der Waals surface area contributed by atoms with Crippen LogP contribution in [0.15, 0.2) is 194 Å². The first-order valence-corrected chi connectivity index (χ1v) is 21.3. The van der Waals surface area contributed by atoms with Crippen molar-refractivity contribution in [2.24, 2.45) is 0 Å². The first-order chi connectivity index (χ1) is 31.0. The molecule has 6 heteroatoms. The maximum atomic E-state index is 15.0. The molecule has 0 aliphatic heterocycles. The molecule has 300 valence electrons. The third-order valence-electron chi connectivity index (χ3n) is 13.3. The number of carbonyl (C=O) groups excluding carboxylic acids is 2. The van der Waals surface area contributed by atoms with E-state index < -0.39 is 22.8 Å². The van der Waals surface area contributed by atoms with Crippen LogP contribution in [0, 0.1) is 0 Å². The van der Waals surface area contributed by atoms with Crippen LogP contribution in [-0.2, 0) is 20.4 Å². The van der Waals surface area contributed by atoms with Crippen LogP contribution in [0.1, 0.15) is 41.5 Å². The number of ether oxygens (including phenoxy) is 2. The smallest absolute Gasteiger partial charge is 0.312 e. The minimum Gasteiger partial charge on any atom is -0.426 e. The minimum absolute atomic E-state index is 0.0327. The third kappa shape index (κ3) is 5.86. The molecular formula is C57H38N2O4. The van der Waals surface area contributed by atoms with Gasteiger partial charge in [-0.2, -0.15) is 0 Å². The molecule has 12 rings (SSSR count). The van der Waals surface area contributed by atoms with Gasteiger partial charge < -0.3 is 9.47 Å². The lowest BCUT2D eigenvalue weighted by molar-refractivity contribution is -0.135. The van der Waals surface area contributed by atoms with Crippen LogP contribution in [0.25, 0.3) is 65.9 Å². The van der Waals surface area contributed by atoms with Crippen molar-refractivity contribution in [2.45, 2.75) is 30.1 Å². The average molecular weight is 815 g/mol. The third-order valence-corrected chi connectivity index (χ3v) is 13.3. The standard InChI is InChI=1S/C57H38N2O4/c60-50(62-40-19-3-1-4-20-40)33-56(44-29-27-36-15-7-11-23-42(36)52(44)54-46(56)31-38-17-9-13-25-48(38)58-54)35-57(34-51(61)63-41-21-5-2-6-22-41)45-30-28-37-16-8-12-24-43(37)53(45)55-47(57)32-39-18-10-14-26-49(39)59-55/h1-32H,33-35H2. The van der Waals surface area contributed by atoms with Crippen LogP contribution in [0.2, 0.25) is 0 Å². The Labute approximate surface area is 363 Å². The second-order valence-electron chi connectivity index (χ2n) is 16.8. The van der Waals surface area contributed by atoms with Gasteiger partial charge in [-0.05, 0) is 98.8 Å². The highest BCUT2D eigenvalue weighted by atomic mass is 16.5. The number of benzene rings is 8. The number of hydrogen-bond donors (Lipinski definition) is 0. The molecule has 2 aromatic heterocycles. The number of carbonyl (C=O) groups is 2. The van der Waals surface area contributed by atoms with Gasteiger partial charge in [0.2, 0.25) is 0 Å². The summed E-state index contributed by atoms with van der Waals surface area (Å²) < 4.78 is 12.5. The van der Waals surface area contributed by atoms with Crippen LogP contribution in [-0.4, -0.2) is 21.9 Å². The predicted octanol–water partition coefficient (Wildman–Crippen LogP) is 12.7. The largest absolute Gasteiger partial charge is 0.426 e. The predicted molar refractivity (Wildman–Crippen MR) is 249 cm³/mol. The molecule has 2 aliphatic carbocycles. The summed E-state index contributed by atoms with van der Waals surface area (Å²) in [4.78, 5) is 40.8. The normalized spacial score (nSPS) is 17.0. The summed E-state index contributed by atoms with van der Waals surface area (Å²) in [5, 5.41) is 6.14. The summed E-state index contributed by atoms with van der Waals surface area (Å²) in [5.74, 6) is 0.144. The summed E-state index contributed by atoms with van der Waals surface area (Å²) >= 11 is 0. The maximum Gasteiger partial charge on any atom is 0.312 e. The first-order valence-electron chi connectivity index (χ1n) is 21.3. The van der Waals surface area contributed by atoms with Crippen molar-refractivity contribution in [1.82, 2.24) is 9.97 Å². The van der Waals surface area contributed by atoms with Gasteiger partial charge in [0.15, 0.2) is 0 Å². The van der Waals surface area contributed by atoms with Gasteiger partial charge in [-0.15, -0.1) is 0 Å². The topological polar surface area (TPSA) is 78.4 Å². The molecule has 0 amide bonds. The lowest BCUT2D eigenvalue weighted by atomic mass is 9.60. The second kappa shape index (κ2) is 14.3. The summed E-state index contributed by atoms with van der Waals surface area (Å²) in [7, 11) is 0. The monoisotopic (exact) mass is 814 g/mol. The van der Waals surface area contributed by atoms with Gasteiger partial charge in [0.1, 0.15) is 11.5 Å². The highest BCUT2D eigenvalue weighted by molar-refractivity contribution is 6.06. The van der Waals surface area contributed by atoms with Crippen molar-refractivity contribution >= 4 is 55.3 Å². The second-order valence-corrected chi connectivity index (χ2v) is 16.8. The zero-order chi connectivity index (χ0) is 42.1. The van der Waals surface area contributed by atoms with E-state index in [4.69, 9.17) is 19.4 Å². The van der Waals surface area contributed by atoms with Gasteiger partial charge in [-0.1, -0.05) is 146 Å². The Kier molecular flexibility index (Phi) is 8.38.